The molecule has 0 radical (unpaired) electrons. The molecule has 362 valence electrons. The van der Waals surface area contributed by atoms with Gasteiger partial charge in [0.05, 0.1) is 33.0 Å². The van der Waals surface area contributed by atoms with Gasteiger partial charge in [0.15, 0.2) is 11.5 Å². The van der Waals surface area contributed by atoms with Crippen LogP contribution >= 0.6 is 0 Å². The third-order valence-electron chi connectivity index (χ3n) is 20.7. The van der Waals surface area contributed by atoms with E-state index in [0.717, 1.165) is 87.9 Å². The Hall–Kier alpha value is -2.40. The monoisotopic (exact) mass is 964 g/mol. The second kappa shape index (κ2) is 17.6. The molecule has 12 atom stereocenters. The van der Waals surface area contributed by atoms with Gasteiger partial charge in [-0.3, -0.25) is 0 Å². The van der Waals surface area contributed by atoms with Crippen molar-refractivity contribution in [3.63, 3.8) is 0 Å². The van der Waals surface area contributed by atoms with Crippen LogP contribution in [0, 0.1) is 22.7 Å². The number of likely N-dealkylation sites (N-methyl/N-ethyl adjacent to an activating group) is 2. The van der Waals surface area contributed by atoms with Crippen LogP contribution in [0.5, 0.6) is 17.2 Å². The van der Waals surface area contributed by atoms with E-state index in [9.17, 15) is 10.2 Å². The Morgan fingerprint density at radius 2 is 1.07 bits per heavy atom. The van der Waals surface area contributed by atoms with E-state index < -0.39 is 0 Å². The molecular formula is C57H69KN2O9. The molecule has 3 N–H and O–H groups in total. The molecule has 8 aliphatic carbocycles. The van der Waals surface area contributed by atoms with Crippen LogP contribution in [0.25, 0.3) is 0 Å². The number of aliphatic hydroxyl groups excluding tert-OH is 1. The van der Waals surface area contributed by atoms with Crippen molar-refractivity contribution in [2.45, 2.75) is 130 Å². The van der Waals surface area contributed by atoms with Crippen LogP contribution in [0.2, 0.25) is 0 Å². The van der Waals surface area contributed by atoms with Crippen molar-refractivity contribution in [3.05, 3.63) is 124 Å². The first-order valence-corrected chi connectivity index (χ1v) is 25.3. The van der Waals surface area contributed by atoms with Crippen molar-refractivity contribution in [1.82, 2.24) is 9.80 Å². The van der Waals surface area contributed by atoms with Crippen LogP contribution < -0.4 is 60.9 Å². The number of hydrogen-bond donors (Lipinski definition) is 2. The summed E-state index contributed by atoms with van der Waals surface area (Å²) in [6, 6.07) is 30.2. The Labute approximate surface area is 450 Å². The van der Waals surface area contributed by atoms with Gasteiger partial charge in [0.1, 0.15) is 29.2 Å². The Morgan fingerprint density at radius 3 is 1.55 bits per heavy atom. The van der Waals surface area contributed by atoms with Crippen LogP contribution in [0.4, 0.5) is 0 Å². The first-order chi connectivity index (χ1) is 32.6. The minimum absolute atomic E-state index is 0. The minimum Gasteiger partial charge on any atom is -0.870 e. The quantitative estimate of drug-likeness (QED) is 0.203. The normalized spacial score (nSPS) is 38.3. The summed E-state index contributed by atoms with van der Waals surface area (Å²) in [6.07, 6.45) is 10.7. The molecule has 2 unspecified atom stereocenters. The average molecular weight is 965 g/mol. The molecule has 8 bridgehead atoms. The number of phenolic OH excluding ortho intramolecular Hbond substituents is 1. The van der Waals surface area contributed by atoms with Gasteiger partial charge in [-0.25, -0.2) is 0 Å². The molecule has 4 spiro atoms. The minimum atomic E-state index is -0.390. The number of aliphatic hydroxyl groups is 1. The Morgan fingerprint density at radius 1 is 0.609 bits per heavy atom. The summed E-state index contributed by atoms with van der Waals surface area (Å²) >= 11 is 0. The molecule has 16 rings (SSSR count). The molecule has 6 saturated carbocycles. The zero-order valence-corrected chi connectivity index (χ0v) is 44.4. The van der Waals surface area contributed by atoms with Crippen LogP contribution in [0.1, 0.15) is 90.3 Å². The van der Waals surface area contributed by atoms with Gasteiger partial charge in [0.2, 0.25) is 0 Å². The van der Waals surface area contributed by atoms with Crippen molar-refractivity contribution in [1.29, 1.82) is 0 Å². The zero-order valence-electron chi connectivity index (χ0n) is 41.3. The van der Waals surface area contributed by atoms with E-state index in [1.54, 1.807) is 0 Å². The third-order valence-corrected chi connectivity index (χ3v) is 20.7. The molecule has 4 heterocycles. The van der Waals surface area contributed by atoms with E-state index in [0.29, 0.717) is 38.5 Å². The summed E-state index contributed by atoms with van der Waals surface area (Å²) < 4.78 is 39.5. The number of likely N-dealkylation sites (tertiary alicyclic amines) is 2. The molecule has 4 aromatic carbocycles. The molecule has 4 aromatic rings. The smallest absolute Gasteiger partial charge is 0.870 e. The van der Waals surface area contributed by atoms with Gasteiger partial charge in [-0.15, -0.1) is 0 Å². The van der Waals surface area contributed by atoms with Crippen molar-refractivity contribution < 1.29 is 95.5 Å². The fourth-order valence-electron chi connectivity index (χ4n) is 18.0. The number of piperidine rings is 2. The predicted octanol–water partition coefficient (Wildman–Crippen LogP) is 4.72. The maximum Gasteiger partial charge on any atom is 1.00 e. The van der Waals surface area contributed by atoms with E-state index in [-0.39, 0.29) is 126 Å². The van der Waals surface area contributed by atoms with Crippen molar-refractivity contribution >= 4 is 0 Å². The van der Waals surface area contributed by atoms with E-state index in [1.165, 1.54) is 39.8 Å². The second-order valence-corrected chi connectivity index (χ2v) is 22.5. The number of nitrogens with zero attached hydrogens (tertiary/aromatic N) is 2. The van der Waals surface area contributed by atoms with Crippen molar-refractivity contribution in [2.24, 2.45) is 22.7 Å². The van der Waals surface area contributed by atoms with Gasteiger partial charge >= 0.3 is 51.4 Å². The molecule has 0 amide bonds. The topological polar surface area (TPSA) is 132 Å². The fraction of sp³-hybridized carbons (Fsp3) is 0.579. The number of hydrogen-bond acceptors (Lipinski definition) is 11. The Kier molecular flexibility index (Phi) is 12.5. The molecule has 2 saturated heterocycles. The number of methoxy groups -OCH3 is 2. The number of ether oxygens (including phenoxy) is 6. The van der Waals surface area contributed by atoms with E-state index in [4.69, 9.17) is 28.4 Å². The van der Waals surface area contributed by atoms with Crippen molar-refractivity contribution in [2.75, 3.05) is 54.6 Å². The van der Waals surface area contributed by atoms with E-state index >= 15 is 0 Å². The first-order valence-electron chi connectivity index (χ1n) is 25.3. The maximum absolute atomic E-state index is 10.8. The Balaban J connectivity index is 0.000000147. The van der Waals surface area contributed by atoms with Gasteiger partial charge in [-0.2, -0.15) is 0 Å². The Bertz CT molecular complexity index is 2590. The van der Waals surface area contributed by atoms with Crippen LogP contribution in [-0.2, 0) is 62.4 Å². The van der Waals surface area contributed by atoms with Crippen LogP contribution in [0.3, 0.4) is 0 Å². The summed E-state index contributed by atoms with van der Waals surface area (Å²) in [5, 5.41) is 21.0. The standard InChI is InChI=1S/C29H35NO4.C28H33NO4.K.H2O/c1-30-13-12-28-24-20-8-9-21(16-31)25(24)34-26(28)29(32-2)11-10-27(28,23(30)14-20)15-22(29)18-33-17-19-6-4-3-5-7-19;1-29-13-12-27-23-19-8-9-21(30)24(23)33-25(27)28(31-2)11-10-26(27,22(29)14-19)15-20(28)17-32-16-18-6-4-3-5-7-18;;/h3-9,22-23,26,31H,10-18H2,1-2H3;3-9,20,22,25,30H,10-17H2,1-2H3;;1H2/q;;+1;/p-1/t22-,23-,26?,27-,28+,29-;20-,22-,25?,26-,27+,28-;;/m11../s1. The van der Waals surface area contributed by atoms with Crippen LogP contribution in [0.15, 0.2) is 84.9 Å². The summed E-state index contributed by atoms with van der Waals surface area (Å²) in [4.78, 5) is 5.22. The van der Waals surface area contributed by atoms with E-state index in [1.807, 2.05) is 32.4 Å². The van der Waals surface area contributed by atoms with Gasteiger partial charge < -0.3 is 53.9 Å². The zero-order chi connectivity index (χ0) is 45.6. The fourth-order valence-corrected chi connectivity index (χ4v) is 18.0. The average Bonchev–Trinajstić information content (AvgIpc) is 3.92. The number of fused-ring (bicyclic) bond motifs is 4. The molecule has 12 heteroatoms. The largest absolute Gasteiger partial charge is 1.00 e. The second-order valence-electron chi connectivity index (χ2n) is 22.5. The van der Waals surface area contributed by atoms with Gasteiger partial charge in [-0.05, 0) is 120 Å². The summed E-state index contributed by atoms with van der Waals surface area (Å²) in [6.45, 7) is 4.78. The summed E-state index contributed by atoms with van der Waals surface area (Å²) in [7, 11) is 8.37. The maximum atomic E-state index is 10.8. The molecule has 8 fully saturated rings. The first kappa shape index (κ1) is 48.8. The molecule has 4 aliphatic heterocycles. The van der Waals surface area contributed by atoms with Gasteiger partial charge in [0.25, 0.3) is 0 Å². The number of rotatable bonds is 11. The molecule has 0 aromatic heterocycles. The number of phenols is 1. The molecule has 12 aliphatic rings. The SMILES string of the molecule is CO[C@]12CC[C@@]3(C[C@@H]1COCc1ccccc1)[C@H]1Cc4ccc(CO)c5c4[C@@]3(CCN1C)C2O5.CO[C@]12CC[C@@]3(C[C@@H]1COCc1ccccc1)[C@H]1Cc4ccc(O)c5c4[C@@]3(CCN1C)C2O5.[K+].[OH-]. The number of benzene rings is 4. The summed E-state index contributed by atoms with van der Waals surface area (Å²) in [5.74, 6) is 2.54. The molecule has 69 heavy (non-hydrogen) atoms. The summed E-state index contributed by atoms with van der Waals surface area (Å²) in [5.41, 5.74) is 8.30. The molecular weight excluding hydrogens is 896 g/mol. The van der Waals surface area contributed by atoms with Gasteiger partial charge in [-0.1, -0.05) is 78.9 Å². The van der Waals surface area contributed by atoms with Crippen LogP contribution in [-0.4, -0.2) is 116 Å². The van der Waals surface area contributed by atoms with E-state index in [2.05, 4.69) is 90.6 Å². The van der Waals surface area contributed by atoms with Gasteiger partial charge in [0, 0.05) is 76.5 Å². The molecule has 11 nitrogen and oxygen atoms in total. The number of aromatic hydroxyl groups is 1. The van der Waals surface area contributed by atoms with Crippen molar-refractivity contribution in [3.8, 4) is 17.2 Å². The third kappa shape index (κ3) is 6.28. The predicted molar refractivity (Wildman–Crippen MR) is 255 cm³/mol.